The number of rotatable bonds is 6. The standard InChI is InChI=1S/C18H16Cl3O3P/c1-10-4-3-5-11(2)16(10)18(23)24-25-7-6-15(22)17-13(20)8-12(19)9-14(17)21/h3-5,8-9,25H,6-7H2,1-2H3. The van der Waals surface area contributed by atoms with Crippen molar-refractivity contribution in [2.75, 3.05) is 6.16 Å². The predicted octanol–water partition coefficient (Wildman–Crippen LogP) is 6.29. The number of carbonyl (C=O) groups is 2. The van der Waals surface area contributed by atoms with Crippen molar-refractivity contribution in [1.29, 1.82) is 0 Å². The molecule has 3 nitrogen and oxygen atoms in total. The maximum Gasteiger partial charge on any atom is 0.341 e. The van der Waals surface area contributed by atoms with E-state index in [-0.39, 0.29) is 42.6 Å². The number of aryl methyl sites for hydroxylation is 2. The number of carbonyl (C=O) groups excluding carboxylic acids is 2. The van der Waals surface area contributed by atoms with Crippen LogP contribution in [0.25, 0.3) is 0 Å². The highest BCUT2D eigenvalue weighted by Crippen LogP contribution is 2.31. The Morgan fingerprint density at radius 2 is 1.56 bits per heavy atom. The van der Waals surface area contributed by atoms with Crippen molar-refractivity contribution in [3.05, 3.63) is 67.7 Å². The molecule has 7 heteroatoms. The van der Waals surface area contributed by atoms with Gasteiger partial charge in [0.1, 0.15) is 0 Å². The molecule has 0 N–H and O–H groups in total. The molecule has 0 heterocycles. The van der Waals surface area contributed by atoms with Gasteiger partial charge in [-0.25, -0.2) is 4.79 Å². The highest BCUT2D eigenvalue weighted by Gasteiger charge is 2.17. The summed E-state index contributed by atoms with van der Waals surface area (Å²) in [6.45, 7) is 3.72. The Balaban J connectivity index is 1.91. The molecule has 0 spiro atoms. The van der Waals surface area contributed by atoms with E-state index in [0.29, 0.717) is 16.7 Å². The zero-order valence-electron chi connectivity index (χ0n) is 13.7. The Bertz CT molecular complexity index is 778. The smallest absolute Gasteiger partial charge is 0.341 e. The Hall–Kier alpha value is -1.12. The van der Waals surface area contributed by atoms with E-state index in [0.717, 1.165) is 11.1 Å². The number of halogens is 3. The number of Topliss-reactive ketones (excluding diaryl/α,β-unsaturated/α-hetero) is 1. The summed E-state index contributed by atoms with van der Waals surface area (Å²) in [4.78, 5) is 24.5. The Morgan fingerprint density at radius 1 is 1.00 bits per heavy atom. The SMILES string of the molecule is Cc1cccc(C)c1C(=O)OPCCC(=O)c1c(Cl)cc(Cl)cc1Cl. The second kappa shape index (κ2) is 9.00. The molecule has 0 aromatic heterocycles. The van der Waals surface area contributed by atoms with Gasteiger partial charge in [0, 0.05) is 17.6 Å². The number of hydrogen-bond donors (Lipinski definition) is 0. The van der Waals surface area contributed by atoms with Gasteiger partial charge in [0.25, 0.3) is 0 Å². The molecule has 1 unspecified atom stereocenters. The van der Waals surface area contributed by atoms with Gasteiger partial charge in [-0.1, -0.05) is 53.0 Å². The fourth-order valence-corrected chi connectivity index (χ4v) is 4.09. The minimum absolute atomic E-state index is 0.123. The van der Waals surface area contributed by atoms with Crippen LogP contribution in [0.5, 0.6) is 0 Å². The molecule has 2 rings (SSSR count). The van der Waals surface area contributed by atoms with Crippen LogP contribution in [0, 0.1) is 13.8 Å². The maximum atomic E-state index is 12.3. The van der Waals surface area contributed by atoms with Crippen LogP contribution in [0.15, 0.2) is 30.3 Å². The Kier molecular flexibility index (Phi) is 7.27. The average Bonchev–Trinajstić information content (AvgIpc) is 2.50. The fourth-order valence-electron chi connectivity index (χ4n) is 2.40. The molecular formula is C18H16Cl3O3P. The van der Waals surface area contributed by atoms with Crippen LogP contribution in [0.3, 0.4) is 0 Å². The summed E-state index contributed by atoms with van der Waals surface area (Å²) in [6, 6.07) is 8.57. The number of ketones is 1. The molecule has 0 aliphatic carbocycles. The molecule has 2 aromatic rings. The van der Waals surface area contributed by atoms with Gasteiger partial charge >= 0.3 is 5.97 Å². The first kappa shape index (κ1) is 20.2. The minimum atomic E-state index is -0.371. The molecule has 0 aliphatic heterocycles. The second-order valence-corrected chi connectivity index (χ2v) is 7.71. The zero-order chi connectivity index (χ0) is 18.6. The third-order valence-corrected chi connectivity index (χ3v) is 5.19. The van der Waals surface area contributed by atoms with E-state index >= 15 is 0 Å². The van der Waals surface area contributed by atoms with Gasteiger partial charge in [-0.05, 0) is 37.1 Å². The van der Waals surface area contributed by atoms with Crippen LogP contribution in [0.2, 0.25) is 15.1 Å². The zero-order valence-corrected chi connectivity index (χ0v) is 16.9. The van der Waals surface area contributed by atoms with Crippen molar-refractivity contribution in [2.24, 2.45) is 0 Å². The van der Waals surface area contributed by atoms with Crippen LogP contribution in [-0.2, 0) is 4.52 Å². The molecule has 0 saturated heterocycles. The molecule has 0 amide bonds. The molecule has 132 valence electrons. The lowest BCUT2D eigenvalue weighted by atomic mass is 10.0. The topological polar surface area (TPSA) is 43.4 Å². The van der Waals surface area contributed by atoms with Gasteiger partial charge in [-0.3, -0.25) is 4.79 Å². The van der Waals surface area contributed by atoms with Crippen molar-refractivity contribution < 1.29 is 14.1 Å². The van der Waals surface area contributed by atoms with Gasteiger partial charge < -0.3 is 4.52 Å². The predicted molar refractivity (Wildman–Crippen MR) is 105 cm³/mol. The van der Waals surface area contributed by atoms with E-state index in [1.54, 1.807) is 0 Å². The number of hydrogen-bond acceptors (Lipinski definition) is 3. The first-order valence-electron chi connectivity index (χ1n) is 7.49. The minimum Gasteiger partial charge on any atom is -0.445 e. The lowest BCUT2D eigenvalue weighted by Crippen LogP contribution is -2.06. The highest BCUT2D eigenvalue weighted by molar-refractivity contribution is 7.33. The fraction of sp³-hybridized carbons (Fsp3) is 0.222. The normalized spacial score (nSPS) is 11.1. The van der Waals surface area contributed by atoms with Crippen molar-refractivity contribution in [3.63, 3.8) is 0 Å². The van der Waals surface area contributed by atoms with E-state index in [9.17, 15) is 9.59 Å². The van der Waals surface area contributed by atoms with Crippen LogP contribution >= 0.6 is 43.6 Å². The second-order valence-electron chi connectivity index (χ2n) is 5.47. The lowest BCUT2D eigenvalue weighted by molar-refractivity contribution is 0.0757. The Labute approximate surface area is 163 Å². The third-order valence-electron chi connectivity index (χ3n) is 3.59. The van der Waals surface area contributed by atoms with Crippen molar-refractivity contribution in [2.45, 2.75) is 20.3 Å². The van der Waals surface area contributed by atoms with E-state index in [4.69, 9.17) is 39.3 Å². The Morgan fingerprint density at radius 3 is 2.12 bits per heavy atom. The molecule has 25 heavy (non-hydrogen) atoms. The average molecular weight is 418 g/mol. The summed E-state index contributed by atoms with van der Waals surface area (Å²) >= 11 is 17.9. The van der Waals surface area contributed by atoms with Gasteiger partial charge in [-0.2, -0.15) is 0 Å². The molecule has 0 bridgehead atoms. The van der Waals surface area contributed by atoms with Gasteiger partial charge in [0.2, 0.25) is 0 Å². The monoisotopic (exact) mass is 416 g/mol. The molecule has 0 aliphatic rings. The first-order valence-corrected chi connectivity index (χ1v) is 9.74. The lowest BCUT2D eigenvalue weighted by Gasteiger charge is -2.10. The van der Waals surface area contributed by atoms with E-state index < -0.39 is 0 Å². The summed E-state index contributed by atoms with van der Waals surface area (Å²) < 4.78 is 5.31. The molecule has 0 saturated carbocycles. The van der Waals surface area contributed by atoms with Crippen molar-refractivity contribution >= 4 is 55.4 Å². The van der Waals surface area contributed by atoms with Gasteiger partial charge in [-0.15, -0.1) is 0 Å². The molecule has 0 fully saturated rings. The maximum absolute atomic E-state index is 12.3. The summed E-state index contributed by atoms with van der Waals surface area (Å²) in [5, 5.41) is 0.813. The largest absolute Gasteiger partial charge is 0.445 e. The summed E-state index contributed by atoms with van der Waals surface area (Å²) in [5.41, 5.74) is 2.56. The van der Waals surface area contributed by atoms with Crippen molar-refractivity contribution in [1.82, 2.24) is 0 Å². The molecule has 2 aromatic carbocycles. The van der Waals surface area contributed by atoms with E-state index in [2.05, 4.69) is 0 Å². The first-order chi connectivity index (χ1) is 11.8. The van der Waals surface area contributed by atoms with Crippen LogP contribution < -0.4 is 0 Å². The molecular weight excluding hydrogens is 402 g/mol. The van der Waals surface area contributed by atoms with Crippen molar-refractivity contribution in [3.8, 4) is 0 Å². The number of benzene rings is 2. The van der Waals surface area contributed by atoms with Crippen LogP contribution in [0.1, 0.15) is 38.3 Å². The van der Waals surface area contributed by atoms with Crippen LogP contribution in [-0.4, -0.2) is 17.9 Å². The summed E-state index contributed by atoms with van der Waals surface area (Å²) in [6.07, 6.45) is 0.588. The van der Waals surface area contributed by atoms with E-state index in [1.165, 1.54) is 12.1 Å². The van der Waals surface area contributed by atoms with Gasteiger partial charge in [0.05, 0.1) is 30.0 Å². The molecule has 0 radical (unpaired) electrons. The van der Waals surface area contributed by atoms with E-state index in [1.807, 2.05) is 32.0 Å². The summed E-state index contributed by atoms with van der Waals surface area (Å²) in [7, 11) is -0.123. The van der Waals surface area contributed by atoms with Crippen LogP contribution in [0.4, 0.5) is 0 Å². The molecule has 1 atom stereocenters. The summed E-state index contributed by atoms with van der Waals surface area (Å²) in [5.74, 6) is -0.578. The quantitative estimate of drug-likeness (QED) is 0.315. The highest BCUT2D eigenvalue weighted by atomic mass is 35.5. The third kappa shape index (κ3) is 5.18. The van der Waals surface area contributed by atoms with Gasteiger partial charge in [0.15, 0.2) is 5.78 Å².